The molecular formula is C14H25N3O4. The molecule has 0 aromatic carbocycles. The van der Waals surface area contributed by atoms with Gasteiger partial charge in [-0.15, -0.1) is 0 Å². The zero-order valence-corrected chi connectivity index (χ0v) is 13.2. The Labute approximate surface area is 125 Å². The van der Waals surface area contributed by atoms with Crippen LogP contribution in [0.25, 0.3) is 0 Å². The molecule has 0 bridgehead atoms. The number of aromatic nitrogens is 1. The number of aliphatic hydroxyl groups is 1. The smallest absolute Gasteiger partial charge is 0.240 e. The molecule has 120 valence electrons. The van der Waals surface area contributed by atoms with E-state index in [0.29, 0.717) is 25.6 Å². The number of hydrogen-bond acceptors (Lipinski definition) is 6. The van der Waals surface area contributed by atoms with E-state index in [9.17, 15) is 4.79 Å². The Balaban J connectivity index is 2.53. The Bertz CT molecular complexity index is 440. The number of nitrogens with one attached hydrogen (secondary N) is 1. The first-order valence-electron chi connectivity index (χ1n) is 6.96. The van der Waals surface area contributed by atoms with Crippen LogP contribution in [0.5, 0.6) is 0 Å². The van der Waals surface area contributed by atoms with Crippen LogP contribution >= 0.6 is 0 Å². The first-order chi connectivity index (χ1) is 9.86. The molecule has 0 aliphatic heterocycles. The maximum atomic E-state index is 12.0. The summed E-state index contributed by atoms with van der Waals surface area (Å²) in [5.74, 6) is 0.122. The molecule has 0 saturated heterocycles. The highest BCUT2D eigenvalue weighted by molar-refractivity contribution is 5.90. The Kier molecular flexibility index (Phi) is 6.80. The number of nitrogens with zero attached hydrogens (tertiary/aromatic N) is 2. The van der Waals surface area contributed by atoms with Crippen molar-refractivity contribution < 1.29 is 19.2 Å². The van der Waals surface area contributed by atoms with Gasteiger partial charge in [-0.05, 0) is 0 Å². The molecule has 1 aromatic heterocycles. The van der Waals surface area contributed by atoms with Gasteiger partial charge in [-0.3, -0.25) is 15.0 Å². The highest BCUT2D eigenvalue weighted by atomic mass is 16.5. The van der Waals surface area contributed by atoms with Gasteiger partial charge in [0.1, 0.15) is 0 Å². The molecule has 7 heteroatoms. The third-order valence-electron chi connectivity index (χ3n) is 2.94. The van der Waals surface area contributed by atoms with Gasteiger partial charge in [0.2, 0.25) is 11.8 Å². The molecule has 0 spiro atoms. The number of carbonyl (C=O) groups excluding carboxylic acids is 1. The van der Waals surface area contributed by atoms with Gasteiger partial charge in [0.25, 0.3) is 0 Å². The van der Waals surface area contributed by atoms with E-state index in [2.05, 4.69) is 10.5 Å². The summed E-state index contributed by atoms with van der Waals surface area (Å²) in [6, 6.07) is 1.73. The van der Waals surface area contributed by atoms with Crippen LogP contribution in [-0.2, 0) is 14.9 Å². The Morgan fingerprint density at radius 1 is 1.48 bits per heavy atom. The minimum absolute atomic E-state index is 0.00647. The monoisotopic (exact) mass is 299 g/mol. The van der Waals surface area contributed by atoms with Gasteiger partial charge in [-0.1, -0.05) is 25.9 Å². The maximum absolute atomic E-state index is 12.0. The third kappa shape index (κ3) is 6.24. The normalized spacial score (nSPS) is 11.9. The average Bonchev–Trinajstić information content (AvgIpc) is 2.84. The van der Waals surface area contributed by atoms with E-state index < -0.39 is 0 Å². The van der Waals surface area contributed by atoms with E-state index in [1.165, 1.54) is 0 Å². The summed E-state index contributed by atoms with van der Waals surface area (Å²) in [6.45, 7) is 7.71. The molecule has 1 heterocycles. The molecular weight excluding hydrogens is 274 g/mol. The number of ether oxygens (including phenoxy) is 1. The molecule has 2 N–H and O–H groups in total. The Morgan fingerprint density at radius 3 is 2.71 bits per heavy atom. The zero-order chi connectivity index (χ0) is 15.9. The lowest BCUT2D eigenvalue weighted by molar-refractivity contribution is -0.117. The van der Waals surface area contributed by atoms with E-state index in [-0.39, 0.29) is 24.5 Å². The summed E-state index contributed by atoms with van der Waals surface area (Å²) in [7, 11) is 1.60. The molecule has 7 nitrogen and oxygen atoms in total. The highest BCUT2D eigenvalue weighted by Gasteiger charge is 2.20. The second-order valence-electron chi connectivity index (χ2n) is 5.87. The van der Waals surface area contributed by atoms with Crippen molar-refractivity contribution in [1.29, 1.82) is 0 Å². The maximum Gasteiger partial charge on any atom is 0.240 e. The lowest BCUT2D eigenvalue weighted by Crippen LogP contribution is -2.37. The molecule has 1 amide bonds. The van der Waals surface area contributed by atoms with Crippen LogP contribution < -0.4 is 5.32 Å². The molecule has 0 fully saturated rings. The first kappa shape index (κ1) is 17.6. The SMILES string of the molecule is COCCN(CCO)CC(=O)Nc1cc(C(C)(C)C)no1. The summed E-state index contributed by atoms with van der Waals surface area (Å²) in [5.41, 5.74) is 0.651. The van der Waals surface area contributed by atoms with Crippen LogP contribution in [0.3, 0.4) is 0 Å². The average molecular weight is 299 g/mol. The fourth-order valence-electron chi connectivity index (χ4n) is 1.70. The van der Waals surface area contributed by atoms with Crippen molar-refractivity contribution in [2.45, 2.75) is 26.2 Å². The molecule has 1 aromatic rings. The first-order valence-corrected chi connectivity index (χ1v) is 6.96. The number of amides is 1. The van der Waals surface area contributed by atoms with Crippen LogP contribution in [0.15, 0.2) is 10.6 Å². The predicted octanol–water partition coefficient (Wildman–Crippen LogP) is 0.851. The summed E-state index contributed by atoms with van der Waals surface area (Å²) < 4.78 is 10.1. The highest BCUT2D eigenvalue weighted by Crippen LogP contribution is 2.23. The number of aliphatic hydroxyl groups excluding tert-OH is 1. The summed E-state index contributed by atoms with van der Waals surface area (Å²) >= 11 is 0. The minimum atomic E-state index is -0.212. The largest absolute Gasteiger partial charge is 0.395 e. The molecule has 1 rings (SSSR count). The fraction of sp³-hybridized carbons (Fsp3) is 0.714. The van der Waals surface area contributed by atoms with Gasteiger partial charge in [0.05, 0.1) is 25.5 Å². The van der Waals surface area contributed by atoms with E-state index in [1.54, 1.807) is 18.1 Å². The van der Waals surface area contributed by atoms with Gasteiger partial charge in [0, 0.05) is 31.7 Å². The number of rotatable bonds is 8. The lowest BCUT2D eigenvalue weighted by Gasteiger charge is -2.19. The van der Waals surface area contributed by atoms with Crippen molar-refractivity contribution in [2.75, 3.05) is 45.3 Å². The quantitative estimate of drug-likeness (QED) is 0.740. The van der Waals surface area contributed by atoms with Crippen molar-refractivity contribution in [1.82, 2.24) is 10.1 Å². The van der Waals surface area contributed by atoms with Gasteiger partial charge >= 0.3 is 0 Å². The third-order valence-corrected chi connectivity index (χ3v) is 2.94. The molecule has 0 aliphatic rings. The van der Waals surface area contributed by atoms with Gasteiger partial charge < -0.3 is 14.4 Å². The molecule has 0 saturated carbocycles. The second-order valence-corrected chi connectivity index (χ2v) is 5.87. The van der Waals surface area contributed by atoms with Crippen LogP contribution in [0.4, 0.5) is 5.88 Å². The molecule has 0 atom stereocenters. The van der Waals surface area contributed by atoms with Crippen LogP contribution in [0.1, 0.15) is 26.5 Å². The van der Waals surface area contributed by atoms with Crippen molar-refractivity contribution in [3.8, 4) is 0 Å². The number of methoxy groups -OCH3 is 1. The summed E-state index contributed by atoms with van der Waals surface area (Å²) in [5, 5.41) is 15.6. The number of carbonyl (C=O) groups is 1. The van der Waals surface area contributed by atoms with Crippen molar-refractivity contribution in [3.05, 3.63) is 11.8 Å². The topological polar surface area (TPSA) is 87.8 Å². The molecule has 0 unspecified atom stereocenters. The molecule has 0 radical (unpaired) electrons. The van der Waals surface area contributed by atoms with Crippen molar-refractivity contribution in [3.63, 3.8) is 0 Å². The second kappa shape index (κ2) is 8.11. The fourth-order valence-corrected chi connectivity index (χ4v) is 1.70. The lowest BCUT2D eigenvalue weighted by atomic mass is 9.92. The number of anilines is 1. The zero-order valence-electron chi connectivity index (χ0n) is 13.2. The van der Waals surface area contributed by atoms with Crippen molar-refractivity contribution in [2.24, 2.45) is 0 Å². The van der Waals surface area contributed by atoms with Crippen LogP contribution in [0.2, 0.25) is 0 Å². The van der Waals surface area contributed by atoms with E-state index in [4.69, 9.17) is 14.4 Å². The van der Waals surface area contributed by atoms with Crippen LogP contribution in [0, 0.1) is 0 Å². The predicted molar refractivity (Wildman–Crippen MR) is 79.2 cm³/mol. The summed E-state index contributed by atoms with van der Waals surface area (Å²) in [4.78, 5) is 13.8. The molecule has 21 heavy (non-hydrogen) atoms. The van der Waals surface area contributed by atoms with Gasteiger partial charge in [-0.2, -0.15) is 0 Å². The van der Waals surface area contributed by atoms with Crippen LogP contribution in [-0.4, -0.2) is 61.0 Å². The Hall–Kier alpha value is -1.44. The summed E-state index contributed by atoms with van der Waals surface area (Å²) in [6.07, 6.45) is 0. The number of hydrogen-bond donors (Lipinski definition) is 2. The Morgan fingerprint density at radius 2 is 2.19 bits per heavy atom. The van der Waals surface area contributed by atoms with Crippen molar-refractivity contribution >= 4 is 11.8 Å². The molecule has 0 aliphatic carbocycles. The minimum Gasteiger partial charge on any atom is -0.395 e. The van der Waals surface area contributed by atoms with E-state index >= 15 is 0 Å². The van der Waals surface area contributed by atoms with E-state index in [0.717, 1.165) is 5.69 Å². The van der Waals surface area contributed by atoms with Gasteiger partial charge in [-0.25, -0.2) is 0 Å². The van der Waals surface area contributed by atoms with E-state index in [1.807, 2.05) is 20.8 Å². The van der Waals surface area contributed by atoms with Gasteiger partial charge in [0.15, 0.2) is 0 Å². The standard InChI is InChI=1S/C14H25N3O4/c1-14(2,3)11-9-13(21-16-11)15-12(19)10-17(5-7-18)6-8-20-4/h9,18H,5-8,10H2,1-4H3,(H,15,19).